The Bertz CT molecular complexity index is 431. The lowest BCUT2D eigenvalue weighted by molar-refractivity contribution is 0.0459. The van der Waals surface area contributed by atoms with Crippen molar-refractivity contribution >= 4 is 17.3 Å². The maximum absolute atomic E-state index is 6.06. The highest BCUT2D eigenvalue weighted by Gasteiger charge is 2.22. The molecule has 0 unspecified atom stereocenters. The molecule has 0 spiro atoms. The molecule has 0 atom stereocenters. The normalized spacial score (nSPS) is 16.9. The van der Waals surface area contributed by atoms with Gasteiger partial charge in [-0.15, -0.1) is 11.6 Å². The molecule has 0 saturated carbocycles. The van der Waals surface area contributed by atoms with Gasteiger partial charge < -0.3 is 9.64 Å². The van der Waals surface area contributed by atoms with Gasteiger partial charge in [-0.25, -0.2) is 9.97 Å². The van der Waals surface area contributed by atoms with Crippen molar-refractivity contribution in [1.29, 1.82) is 0 Å². The number of alkyl halides is 1. The fourth-order valence-electron chi connectivity index (χ4n) is 2.57. The largest absolute Gasteiger partial charge is 0.378 e. The Morgan fingerprint density at radius 2 is 2.10 bits per heavy atom. The lowest BCUT2D eigenvalue weighted by Gasteiger charge is -2.34. The average molecular weight is 298 g/mol. The molecular weight excluding hydrogens is 274 g/mol. The van der Waals surface area contributed by atoms with Crippen LogP contribution >= 0.6 is 11.6 Å². The standard InChI is InChI=1S/C15H24ClN3O/c1-4-20-12-5-7-19(8-6-12)14-10-17-15(11(2)3)18-13(14)9-16/h10-12H,4-9H2,1-3H3. The molecule has 0 amide bonds. The van der Waals surface area contributed by atoms with Gasteiger partial charge in [0, 0.05) is 25.6 Å². The van der Waals surface area contributed by atoms with Crippen LogP contribution in [0, 0.1) is 0 Å². The van der Waals surface area contributed by atoms with Crippen LogP contribution in [-0.4, -0.2) is 35.8 Å². The Hall–Kier alpha value is -0.870. The third-order valence-electron chi connectivity index (χ3n) is 3.69. The molecule has 0 radical (unpaired) electrons. The Morgan fingerprint density at radius 1 is 1.40 bits per heavy atom. The summed E-state index contributed by atoms with van der Waals surface area (Å²) in [4.78, 5) is 11.4. The topological polar surface area (TPSA) is 38.2 Å². The van der Waals surface area contributed by atoms with E-state index in [0.717, 1.165) is 49.7 Å². The fourth-order valence-corrected chi connectivity index (χ4v) is 2.76. The van der Waals surface area contributed by atoms with Gasteiger partial charge in [0.25, 0.3) is 0 Å². The molecule has 1 aliphatic heterocycles. The van der Waals surface area contributed by atoms with Gasteiger partial charge in [0.1, 0.15) is 5.82 Å². The first kappa shape index (κ1) is 15.5. The number of rotatable bonds is 5. The Labute approximate surface area is 126 Å². The van der Waals surface area contributed by atoms with E-state index in [0.29, 0.717) is 17.9 Å². The number of aromatic nitrogens is 2. The minimum absolute atomic E-state index is 0.328. The highest BCUT2D eigenvalue weighted by Crippen LogP contribution is 2.25. The summed E-state index contributed by atoms with van der Waals surface area (Å²) in [6.45, 7) is 9.01. The molecular formula is C15H24ClN3O. The van der Waals surface area contributed by atoms with E-state index in [1.54, 1.807) is 0 Å². The van der Waals surface area contributed by atoms with Gasteiger partial charge >= 0.3 is 0 Å². The van der Waals surface area contributed by atoms with Crippen LogP contribution in [0.1, 0.15) is 51.0 Å². The smallest absolute Gasteiger partial charge is 0.131 e. The van der Waals surface area contributed by atoms with Gasteiger partial charge in [-0.2, -0.15) is 0 Å². The summed E-state index contributed by atoms with van der Waals surface area (Å²) in [7, 11) is 0. The van der Waals surface area contributed by atoms with Crippen LogP contribution in [0.3, 0.4) is 0 Å². The van der Waals surface area contributed by atoms with E-state index in [1.165, 1.54) is 0 Å². The van der Waals surface area contributed by atoms with E-state index < -0.39 is 0 Å². The summed E-state index contributed by atoms with van der Waals surface area (Å²) in [5.41, 5.74) is 2.03. The molecule has 0 aliphatic carbocycles. The minimum Gasteiger partial charge on any atom is -0.378 e. The van der Waals surface area contributed by atoms with E-state index in [-0.39, 0.29) is 0 Å². The van der Waals surface area contributed by atoms with Gasteiger partial charge in [0.15, 0.2) is 0 Å². The van der Waals surface area contributed by atoms with Gasteiger partial charge in [-0.1, -0.05) is 13.8 Å². The number of hydrogen-bond donors (Lipinski definition) is 0. The molecule has 1 aliphatic rings. The molecule has 112 valence electrons. The van der Waals surface area contributed by atoms with Crippen LogP contribution in [0.15, 0.2) is 6.20 Å². The zero-order chi connectivity index (χ0) is 14.5. The highest BCUT2D eigenvalue weighted by atomic mass is 35.5. The monoisotopic (exact) mass is 297 g/mol. The van der Waals surface area contributed by atoms with Crippen LogP contribution in [-0.2, 0) is 10.6 Å². The molecule has 0 aromatic carbocycles. The van der Waals surface area contributed by atoms with Crippen LogP contribution in [0.25, 0.3) is 0 Å². The second-order valence-electron chi connectivity index (χ2n) is 5.49. The van der Waals surface area contributed by atoms with Gasteiger partial charge in [0.05, 0.1) is 29.6 Å². The van der Waals surface area contributed by atoms with E-state index in [1.807, 2.05) is 6.20 Å². The second kappa shape index (κ2) is 7.23. The molecule has 1 fully saturated rings. The lowest BCUT2D eigenvalue weighted by atomic mass is 10.1. The molecule has 0 N–H and O–H groups in total. The third-order valence-corrected chi connectivity index (χ3v) is 3.95. The number of ether oxygens (including phenoxy) is 1. The van der Waals surface area contributed by atoms with Crippen molar-refractivity contribution in [2.45, 2.75) is 51.5 Å². The molecule has 4 nitrogen and oxygen atoms in total. The predicted molar refractivity (Wildman–Crippen MR) is 82.5 cm³/mol. The van der Waals surface area contributed by atoms with Crippen molar-refractivity contribution in [3.05, 3.63) is 17.7 Å². The average Bonchev–Trinajstić information content (AvgIpc) is 2.47. The Balaban J connectivity index is 2.09. The Morgan fingerprint density at radius 3 is 2.65 bits per heavy atom. The fraction of sp³-hybridized carbons (Fsp3) is 0.733. The molecule has 1 saturated heterocycles. The molecule has 1 aromatic rings. The van der Waals surface area contributed by atoms with Crippen molar-refractivity contribution in [3.8, 4) is 0 Å². The summed E-state index contributed by atoms with van der Waals surface area (Å²) < 4.78 is 5.69. The molecule has 1 aromatic heterocycles. The van der Waals surface area contributed by atoms with E-state index in [2.05, 4.69) is 35.6 Å². The number of anilines is 1. The first-order valence-corrected chi connectivity index (χ1v) is 7.97. The maximum atomic E-state index is 6.06. The van der Waals surface area contributed by atoms with Crippen LogP contribution < -0.4 is 4.90 Å². The van der Waals surface area contributed by atoms with E-state index >= 15 is 0 Å². The molecule has 2 heterocycles. The summed E-state index contributed by atoms with van der Waals surface area (Å²) in [6.07, 6.45) is 4.44. The lowest BCUT2D eigenvalue weighted by Crippen LogP contribution is -2.37. The third kappa shape index (κ3) is 3.61. The van der Waals surface area contributed by atoms with Gasteiger partial charge in [0.2, 0.25) is 0 Å². The highest BCUT2D eigenvalue weighted by molar-refractivity contribution is 6.17. The summed E-state index contributed by atoms with van der Waals surface area (Å²) in [6, 6.07) is 0. The second-order valence-corrected chi connectivity index (χ2v) is 5.76. The number of nitrogens with zero attached hydrogens (tertiary/aromatic N) is 3. The molecule has 2 rings (SSSR count). The molecule has 5 heteroatoms. The van der Waals surface area contributed by atoms with Crippen LogP contribution in [0.5, 0.6) is 0 Å². The zero-order valence-corrected chi connectivity index (χ0v) is 13.4. The summed E-state index contributed by atoms with van der Waals surface area (Å²) in [5.74, 6) is 1.63. The van der Waals surface area contributed by atoms with Crippen molar-refractivity contribution in [1.82, 2.24) is 9.97 Å². The van der Waals surface area contributed by atoms with E-state index in [4.69, 9.17) is 16.3 Å². The summed E-state index contributed by atoms with van der Waals surface area (Å²) >= 11 is 6.06. The minimum atomic E-state index is 0.328. The summed E-state index contributed by atoms with van der Waals surface area (Å²) in [5, 5.41) is 0. The van der Waals surface area contributed by atoms with Gasteiger partial charge in [-0.05, 0) is 19.8 Å². The van der Waals surface area contributed by atoms with Crippen molar-refractivity contribution in [2.24, 2.45) is 0 Å². The van der Waals surface area contributed by atoms with Crippen molar-refractivity contribution in [2.75, 3.05) is 24.6 Å². The van der Waals surface area contributed by atoms with E-state index in [9.17, 15) is 0 Å². The quantitative estimate of drug-likeness (QED) is 0.781. The first-order valence-electron chi connectivity index (χ1n) is 7.44. The molecule has 0 bridgehead atoms. The zero-order valence-electron chi connectivity index (χ0n) is 12.6. The van der Waals surface area contributed by atoms with Crippen molar-refractivity contribution in [3.63, 3.8) is 0 Å². The maximum Gasteiger partial charge on any atom is 0.131 e. The Kier molecular flexibility index (Phi) is 5.61. The van der Waals surface area contributed by atoms with Crippen LogP contribution in [0.2, 0.25) is 0 Å². The predicted octanol–water partition coefficient (Wildman–Crippen LogP) is 3.34. The van der Waals surface area contributed by atoms with Gasteiger partial charge in [-0.3, -0.25) is 0 Å². The van der Waals surface area contributed by atoms with Crippen LogP contribution in [0.4, 0.5) is 5.69 Å². The SMILES string of the molecule is CCOC1CCN(c2cnc(C(C)C)nc2CCl)CC1. The number of piperidine rings is 1. The number of hydrogen-bond acceptors (Lipinski definition) is 4. The number of halogens is 1. The van der Waals surface area contributed by atoms with Crippen molar-refractivity contribution < 1.29 is 4.74 Å². The first-order chi connectivity index (χ1) is 9.65. The molecule has 20 heavy (non-hydrogen) atoms.